The Labute approximate surface area is 136 Å². The largest absolute Gasteiger partial charge is 0.500 e. The van der Waals surface area contributed by atoms with Crippen molar-refractivity contribution in [3.8, 4) is 0 Å². The Kier molecular flexibility index (Phi) is 5.41. The zero-order chi connectivity index (χ0) is 17.0. The van der Waals surface area contributed by atoms with E-state index in [0.29, 0.717) is 16.5 Å². The highest BCUT2D eigenvalue weighted by molar-refractivity contribution is 8.08. The van der Waals surface area contributed by atoms with Crippen LogP contribution in [0.25, 0.3) is 5.57 Å². The van der Waals surface area contributed by atoms with Crippen molar-refractivity contribution in [2.24, 2.45) is 0 Å². The highest BCUT2D eigenvalue weighted by Gasteiger charge is 2.34. The van der Waals surface area contributed by atoms with Crippen molar-refractivity contribution in [1.82, 2.24) is 5.32 Å². The number of alkyl halides is 3. The summed E-state index contributed by atoms with van der Waals surface area (Å²) in [6, 6.07) is 4.76. The fraction of sp³-hybridized carbons (Fsp3) is 0.312. The van der Waals surface area contributed by atoms with Gasteiger partial charge in [0.2, 0.25) is 5.78 Å². The normalized spacial score (nSPS) is 17.1. The molecule has 0 aromatic heterocycles. The molecule has 1 N–H and O–H groups in total. The van der Waals surface area contributed by atoms with Gasteiger partial charge in [-0.1, -0.05) is 30.8 Å². The average molecular weight is 343 g/mol. The van der Waals surface area contributed by atoms with Crippen LogP contribution in [0.3, 0.4) is 0 Å². The Morgan fingerprint density at radius 1 is 1.35 bits per heavy atom. The Hall–Kier alpha value is -1.89. The highest BCUT2D eigenvalue weighted by Crippen LogP contribution is 2.42. The van der Waals surface area contributed by atoms with Crippen LogP contribution >= 0.6 is 11.8 Å². The van der Waals surface area contributed by atoms with Gasteiger partial charge in [-0.25, -0.2) is 0 Å². The van der Waals surface area contributed by atoms with Crippen LogP contribution in [0.1, 0.15) is 24.5 Å². The third-order valence-electron chi connectivity index (χ3n) is 3.11. The molecule has 0 bridgehead atoms. The van der Waals surface area contributed by atoms with Crippen LogP contribution < -0.4 is 5.32 Å². The molecule has 0 spiro atoms. The van der Waals surface area contributed by atoms with Gasteiger partial charge in [0.15, 0.2) is 0 Å². The van der Waals surface area contributed by atoms with Gasteiger partial charge in [-0.15, -0.1) is 0 Å². The smallest absolute Gasteiger partial charge is 0.416 e. The summed E-state index contributed by atoms with van der Waals surface area (Å²) in [5.41, 5.74) is -0.314. The molecule has 7 heteroatoms. The van der Waals surface area contributed by atoms with E-state index in [9.17, 15) is 18.0 Å². The van der Waals surface area contributed by atoms with Gasteiger partial charge < -0.3 is 10.1 Å². The highest BCUT2D eigenvalue weighted by atomic mass is 32.2. The maximum Gasteiger partial charge on any atom is 0.416 e. The lowest BCUT2D eigenvalue weighted by atomic mass is 10.00. The van der Waals surface area contributed by atoms with E-state index >= 15 is 0 Å². The number of carbonyl (C=O) groups is 1. The molecule has 23 heavy (non-hydrogen) atoms. The third kappa shape index (κ3) is 3.90. The minimum Gasteiger partial charge on any atom is -0.500 e. The lowest BCUT2D eigenvalue weighted by Crippen LogP contribution is -2.08. The molecule has 0 radical (unpaired) electrons. The maximum absolute atomic E-state index is 12.9. The Morgan fingerprint density at radius 3 is 2.70 bits per heavy atom. The molecule has 0 atom stereocenters. The average Bonchev–Trinajstić information content (AvgIpc) is 2.83. The van der Waals surface area contributed by atoms with Gasteiger partial charge in [0.25, 0.3) is 0 Å². The lowest BCUT2D eigenvalue weighted by Gasteiger charge is -2.09. The molecule has 1 aliphatic heterocycles. The van der Waals surface area contributed by atoms with Gasteiger partial charge in [-0.05, 0) is 24.1 Å². The fourth-order valence-electron chi connectivity index (χ4n) is 2.05. The summed E-state index contributed by atoms with van der Waals surface area (Å²) in [5.74, 6) is -0.338. The Balaban J connectivity index is 2.37. The van der Waals surface area contributed by atoms with Crippen molar-refractivity contribution in [2.75, 3.05) is 13.7 Å². The first-order valence-corrected chi connectivity index (χ1v) is 7.84. The molecule has 124 valence electrons. The number of hydrogen-bond donors (Lipinski definition) is 1. The molecular formula is C16H16F3NO2S. The summed E-state index contributed by atoms with van der Waals surface area (Å²) in [7, 11) is 1.62. The Bertz CT molecular complexity index is 666. The van der Waals surface area contributed by atoms with E-state index in [-0.39, 0.29) is 16.9 Å². The molecule has 0 saturated heterocycles. The summed E-state index contributed by atoms with van der Waals surface area (Å²) < 4.78 is 43.8. The number of carbonyl (C=O) groups excluding carboxylic acids is 1. The van der Waals surface area contributed by atoms with E-state index in [0.717, 1.165) is 30.3 Å². The second-order valence-electron chi connectivity index (χ2n) is 4.82. The zero-order valence-corrected chi connectivity index (χ0v) is 13.5. The number of halogens is 3. The van der Waals surface area contributed by atoms with Crippen LogP contribution in [0.15, 0.2) is 40.5 Å². The molecule has 0 aliphatic carbocycles. The molecule has 1 aromatic carbocycles. The van der Waals surface area contributed by atoms with Crippen LogP contribution in [0.4, 0.5) is 13.2 Å². The van der Waals surface area contributed by atoms with Crippen molar-refractivity contribution in [2.45, 2.75) is 19.5 Å². The van der Waals surface area contributed by atoms with Crippen LogP contribution in [0.5, 0.6) is 0 Å². The van der Waals surface area contributed by atoms with Gasteiger partial charge in [0.05, 0.1) is 27.7 Å². The van der Waals surface area contributed by atoms with E-state index < -0.39 is 11.7 Å². The number of rotatable bonds is 5. The fourth-order valence-corrected chi connectivity index (χ4v) is 3.00. The zero-order valence-electron chi connectivity index (χ0n) is 12.7. The molecule has 0 unspecified atom stereocenters. The molecule has 0 amide bonds. The van der Waals surface area contributed by atoms with Crippen molar-refractivity contribution in [1.29, 1.82) is 0 Å². The molecule has 2 rings (SSSR count). The number of nitrogens with one attached hydrogen (secondary N) is 1. The SMILES string of the molecule is CCCOC=C1SC(NC)=C(c2cccc(C(F)(F)F)c2)C1=O. The van der Waals surface area contributed by atoms with Gasteiger partial charge in [-0.2, -0.15) is 13.2 Å². The van der Waals surface area contributed by atoms with Crippen molar-refractivity contribution < 1.29 is 22.7 Å². The van der Waals surface area contributed by atoms with Crippen molar-refractivity contribution in [3.05, 3.63) is 51.6 Å². The van der Waals surface area contributed by atoms with E-state index in [1.807, 2.05) is 6.92 Å². The molecular weight excluding hydrogens is 327 g/mol. The molecule has 1 aliphatic rings. The summed E-state index contributed by atoms with van der Waals surface area (Å²) in [6.45, 7) is 2.42. The van der Waals surface area contributed by atoms with Crippen LogP contribution in [0, 0.1) is 0 Å². The van der Waals surface area contributed by atoms with E-state index in [2.05, 4.69) is 5.32 Å². The standard InChI is InChI=1S/C16H16F3NO2S/c1-3-7-22-9-12-14(21)13(15(20-2)23-12)10-5-4-6-11(8-10)16(17,18)19/h4-6,8-9,20H,3,7H2,1-2H3. The summed E-state index contributed by atoms with van der Waals surface area (Å²) in [5, 5.41) is 3.38. The number of benzene rings is 1. The first-order chi connectivity index (χ1) is 10.9. The van der Waals surface area contributed by atoms with Crippen LogP contribution in [0.2, 0.25) is 0 Å². The second kappa shape index (κ2) is 7.12. The quantitative estimate of drug-likeness (QED) is 0.495. The van der Waals surface area contributed by atoms with Gasteiger partial charge in [-0.3, -0.25) is 4.79 Å². The number of hydrogen-bond acceptors (Lipinski definition) is 4. The Morgan fingerprint density at radius 2 is 2.09 bits per heavy atom. The van der Waals surface area contributed by atoms with E-state index in [4.69, 9.17) is 4.74 Å². The number of Topliss-reactive ketones (excluding diaryl/α,β-unsaturated/α-hetero) is 1. The molecule has 0 saturated carbocycles. The molecule has 1 heterocycles. The lowest BCUT2D eigenvalue weighted by molar-refractivity contribution is -0.137. The summed E-state index contributed by atoms with van der Waals surface area (Å²) in [4.78, 5) is 12.8. The number of thioether (sulfide) groups is 1. The van der Waals surface area contributed by atoms with Crippen molar-refractivity contribution in [3.63, 3.8) is 0 Å². The monoisotopic (exact) mass is 343 g/mol. The van der Waals surface area contributed by atoms with Gasteiger partial charge in [0.1, 0.15) is 6.26 Å². The van der Waals surface area contributed by atoms with E-state index in [1.165, 1.54) is 18.4 Å². The second-order valence-corrected chi connectivity index (χ2v) is 5.87. The topological polar surface area (TPSA) is 38.3 Å². The molecule has 3 nitrogen and oxygen atoms in total. The first-order valence-electron chi connectivity index (χ1n) is 7.02. The predicted octanol–water partition coefficient (Wildman–Crippen LogP) is 4.18. The maximum atomic E-state index is 12.9. The summed E-state index contributed by atoms with van der Waals surface area (Å²) in [6.07, 6.45) is -2.28. The van der Waals surface area contributed by atoms with Crippen LogP contribution in [-0.4, -0.2) is 19.4 Å². The first kappa shape index (κ1) is 17.5. The van der Waals surface area contributed by atoms with Crippen molar-refractivity contribution >= 4 is 23.1 Å². The molecule has 1 aromatic rings. The minimum absolute atomic E-state index is 0.231. The molecule has 0 fully saturated rings. The number of ether oxygens (including phenoxy) is 1. The van der Waals surface area contributed by atoms with Crippen LogP contribution in [-0.2, 0) is 15.7 Å². The predicted molar refractivity (Wildman–Crippen MR) is 84.3 cm³/mol. The van der Waals surface area contributed by atoms with Gasteiger partial charge >= 0.3 is 6.18 Å². The third-order valence-corrected chi connectivity index (χ3v) is 4.22. The summed E-state index contributed by atoms with van der Waals surface area (Å²) >= 11 is 1.16. The van der Waals surface area contributed by atoms with Gasteiger partial charge in [0, 0.05) is 7.05 Å². The van der Waals surface area contributed by atoms with E-state index in [1.54, 1.807) is 7.05 Å². The minimum atomic E-state index is -4.45. The number of allylic oxidation sites excluding steroid dienone is 2. The number of ketones is 1.